The molecule has 30 heavy (non-hydrogen) atoms. The summed E-state index contributed by atoms with van der Waals surface area (Å²) < 4.78 is 35.4. The summed E-state index contributed by atoms with van der Waals surface area (Å²) in [6, 6.07) is 8.92. The third-order valence-corrected chi connectivity index (χ3v) is 7.82. The van der Waals surface area contributed by atoms with E-state index in [1.165, 1.54) is 35.6 Å². The molecule has 0 spiro atoms. The van der Waals surface area contributed by atoms with Gasteiger partial charge in [-0.15, -0.1) is 0 Å². The van der Waals surface area contributed by atoms with Gasteiger partial charge in [-0.05, 0) is 48.4 Å². The van der Waals surface area contributed by atoms with Crippen molar-refractivity contribution in [3.8, 4) is 5.75 Å². The number of nitrogens with one attached hydrogen (secondary N) is 1. The molecule has 0 aliphatic heterocycles. The van der Waals surface area contributed by atoms with Crippen molar-refractivity contribution in [2.45, 2.75) is 42.4 Å². The smallest absolute Gasteiger partial charge is 0.266 e. The fourth-order valence-electron chi connectivity index (χ4n) is 4.62. The molecule has 2 aliphatic carbocycles. The highest BCUT2D eigenvalue weighted by molar-refractivity contribution is 7.90. The number of aromatic nitrogens is 2. The summed E-state index contributed by atoms with van der Waals surface area (Å²) in [5.74, 6) is 0.131. The van der Waals surface area contributed by atoms with Crippen LogP contribution >= 0.6 is 0 Å². The van der Waals surface area contributed by atoms with E-state index < -0.39 is 21.8 Å². The van der Waals surface area contributed by atoms with Gasteiger partial charge in [-0.3, -0.25) is 9.48 Å². The second-order valence-corrected chi connectivity index (χ2v) is 9.72. The van der Waals surface area contributed by atoms with E-state index in [4.69, 9.17) is 4.74 Å². The Labute approximate surface area is 175 Å². The van der Waals surface area contributed by atoms with Gasteiger partial charge in [0, 0.05) is 18.0 Å². The lowest BCUT2D eigenvalue weighted by molar-refractivity contribution is -0.121. The number of carbonyl (C=O) groups excluding carboxylic acids is 1. The van der Waals surface area contributed by atoms with Crippen LogP contribution in [-0.2, 0) is 28.3 Å². The summed E-state index contributed by atoms with van der Waals surface area (Å²) in [5, 5.41) is 4.83. The van der Waals surface area contributed by atoms with Crippen molar-refractivity contribution in [1.29, 1.82) is 0 Å². The quantitative estimate of drug-likeness (QED) is 0.679. The number of benzene rings is 2. The molecule has 1 N–H and O–H groups in total. The molecule has 1 saturated carbocycles. The number of fused-ring (bicyclic) bond motifs is 2. The van der Waals surface area contributed by atoms with E-state index in [9.17, 15) is 13.2 Å². The Bertz CT molecular complexity index is 1280. The first-order valence-corrected chi connectivity index (χ1v) is 11.6. The molecule has 1 amide bonds. The molecule has 1 atom stereocenters. The van der Waals surface area contributed by atoms with E-state index >= 15 is 0 Å². The molecular weight excluding hydrogens is 402 g/mol. The number of carbonyl (C=O) groups is 1. The van der Waals surface area contributed by atoms with Gasteiger partial charge >= 0.3 is 0 Å². The number of sulfonamides is 1. The predicted octanol–water partition coefficient (Wildman–Crippen LogP) is 2.99. The van der Waals surface area contributed by atoms with Crippen molar-refractivity contribution in [3.63, 3.8) is 0 Å². The van der Waals surface area contributed by atoms with E-state index in [1.807, 2.05) is 6.07 Å². The third-order valence-electron chi connectivity index (χ3n) is 6.44. The lowest BCUT2D eigenvalue weighted by Crippen LogP contribution is -2.40. The van der Waals surface area contributed by atoms with Crippen LogP contribution in [0.15, 0.2) is 41.4 Å². The van der Waals surface area contributed by atoms with Crippen molar-refractivity contribution in [1.82, 2.24) is 14.5 Å². The van der Waals surface area contributed by atoms with Crippen molar-refractivity contribution in [2.75, 3.05) is 7.11 Å². The van der Waals surface area contributed by atoms with Gasteiger partial charge in [0.05, 0.1) is 24.7 Å². The summed E-state index contributed by atoms with van der Waals surface area (Å²) in [7, 11) is -0.789. The molecule has 1 aromatic heterocycles. The molecule has 2 aliphatic rings. The normalized spacial score (nSPS) is 18.4. The molecule has 1 fully saturated rings. The topological polar surface area (TPSA) is 90.3 Å². The van der Waals surface area contributed by atoms with E-state index in [1.54, 1.807) is 32.5 Å². The number of amides is 1. The maximum absolute atomic E-state index is 13.0. The average molecular weight is 426 g/mol. The largest absolute Gasteiger partial charge is 0.496 e. The summed E-state index contributed by atoms with van der Waals surface area (Å²) in [4.78, 5) is 13.0. The van der Waals surface area contributed by atoms with E-state index in [-0.39, 0.29) is 4.90 Å². The van der Waals surface area contributed by atoms with Crippen molar-refractivity contribution < 1.29 is 17.9 Å². The van der Waals surface area contributed by atoms with Gasteiger partial charge in [-0.1, -0.05) is 24.6 Å². The van der Waals surface area contributed by atoms with Crippen LogP contribution in [0, 0.1) is 0 Å². The number of aryl methyl sites for hydroxylation is 1. The Balaban J connectivity index is 1.46. The van der Waals surface area contributed by atoms with E-state index in [0.29, 0.717) is 29.0 Å². The number of nitrogens with zero attached hydrogens (tertiary/aromatic N) is 2. The Hall–Kier alpha value is -2.87. The molecule has 5 rings (SSSR count). The molecule has 0 unspecified atom stereocenters. The number of para-hydroxylation sites is 1. The Morgan fingerprint density at radius 2 is 2.03 bits per heavy atom. The van der Waals surface area contributed by atoms with Crippen LogP contribution in [0.3, 0.4) is 0 Å². The van der Waals surface area contributed by atoms with Crippen LogP contribution in [0.4, 0.5) is 0 Å². The zero-order valence-corrected chi connectivity index (χ0v) is 17.7. The summed E-state index contributed by atoms with van der Waals surface area (Å²) >= 11 is 0. The maximum atomic E-state index is 13.0. The van der Waals surface area contributed by atoms with Gasteiger partial charge in [0.1, 0.15) is 10.6 Å². The molecule has 2 aromatic carbocycles. The van der Waals surface area contributed by atoms with Crippen LogP contribution in [0.25, 0.3) is 10.9 Å². The molecule has 3 aromatic rings. The molecule has 156 valence electrons. The second-order valence-electron chi connectivity index (χ2n) is 8.07. The monoisotopic (exact) mass is 425 g/mol. The average Bonchev–Trinajstić information content (AvgIpc) is 3.02. The van der Waals surface area contributed by atoms with Crippen LogP contribution in [0.5, 0.6) is 5.75 Å². The zero-order valence-electron chi connectivity index (χ0n) is 16.9. The Morgan fingerprint density at radius 3 is 2.73 bits per heavy atom. The summed E-state index contributed by atoms with van der Waals surface area (Å²) in [5.41, 5.74) is 3.72. The number of ether oxygens (including phenoxy) is 1. The van der Waals surface area contributed by atoms with Crippen LogP contribution in [-0.4, -0.2) is 31.2 Å². The van der Waals surface area contributed by atoms with Crippen molar-refractivity contribution in [3.05, 3.63) is 53.2 Å². The van der Waals surface area contributed by atoms with E-state index in [0.717, 1.165) is 11.1 Å². The molecule has 1 heterocycles. The number of methoxy groups -OCH3 is 1. The molecular formula is C22H23N3O4S. The van der Waals surface area contributed by atoms with E-state index in [2.05, 4.69) is 15.9 Å². The second kappa shape index (κ2) is 6.84. The highest BCUT2D eigenvalue weighted by Crippen LogP contribution is 2.49. The molecule has 0 bridgehead atoms. The Kier molecular flexibility index (Phi) is 4.36. The number of hydrogen-bond acceptors (Lipinski definition) is 5. The third kappa shape index (κ3) is 2.81. The molecule has 8 heteroatoms. The van der Waals surface area contributed by atoms with Gasteiger partial charge in [0.25, 0.3) is 10.0 Å². The molecule has 7 nitrogen and oxygen atoms in total. The first kappa shape index (κ1) is 19.1. The predicted molar refractivity (Wildman–Crippen MR) is 112 cm³/mol. The minimum absolute atomic E-state index is 0.0445. The standard InChI is InChI=1S/C22H23N3O4S/c1-25-21-14(12-23-25)7-4-8-19(21)30(27,28)24-22(26)17-11-16-15(13-5-3-6-13)9-10-18(29-2)20(16)17/h4,7-10,12-13,17H,3,5-6,11H2,1-2H3,(H,24,26)/t17-/m1/s1. The molecule has 0 radical (unpaired) electrons. The van der Waals surface area contributed by atoms with Gasteiger partial charge in [0.2, 0.25) is 5.91 Å². The number of hydrogen-bond donors (Lipinski definition) is 1. The summed E-state index contributed by atoms with van der Waals surface area (Å²) in [6.07, 6.45) is 5.70. The van der Waals surface area contributed by atoms with Crippen molar-refractivity contribution in [2.24, 2.45) is 7.05 Å². The maximum Gasteiger partial charge on any atom is 0.266 e. The highest BCUT2D eigenvalue weighted by atomic mass is 32.2. The highest BCUT2D eigenvalue weighted by Gasteiger charge is 2.40. The Morgan fingerprint density at radius 1 is 1.23 bits per heavy atom. The zero-order chi connectivity index (χ0) is 21.0. The molecule has 0 saturated heterocycles. The van der Waals surface area contributed by atoms with Gasteiger partial charge < -0.3 is 4.74 Å². The van der Waals surface area contributed by atoms with Gasteiger partial charge in [-0.25, -0.2) is 13.1 Å². The minimum Gasteiger partial charge on any atom is -0.496 e. The van der Waals surface area contributed by atoms with Crippen LogP contribution in [0.2, 0.25) is 0 Å². The summed E-state index contributed by atoms with van der Waals surface area (Å²) in [6.45, 7) is 0. The fraction of sp³-hybridized carbons (Fsp3) is 0.364. The fourth-order valence-corrected chi connectivity index (χ4v) is 5.90. The van der Waals surface area contributed by atoms with Gasteiger partial charge in [-0.2, -0.15) is 5.10 Å². The first-order valence-electron chi connectivity index (χ1n) is 10.1. The lowest BCUT2D eigenvalue weighted by Gasteiger charge is -2.37. The van der Waals surface area contributed by atoms with Gasteiger partial charge in [0.15, 0.2) is 0 Å². The van der Waals surface area contributed by atoms with Crippen LogP contribution < -0.4 is 9.46 Å². The van der Waals surface area contributed by atoms with Crippen LogP contribution in [0.1, 0.15) is 47.8 Å². The minimum atomic E-state index is -4.04. The SMILES string of the molecule is COc1ccc(C2CCC2)c2c1[C@H](C(=O)NS(=O)(=O)c1cccc3cnn(C)c13)C2. The lowest BCUT2D eigenvalue weighted by atomic mass is 9.68. The number of rotatable bonds is 5. The first-order chi connectivity index (χ1) is 14.4. The van der Waals surface area contributed by atoms with Crippen molar-refractivity contribution >= 4 is 26.8 Å².